The van der Waals surface area contributed by atoms with Gasteiger partial charge < -0.3 is 10.1 Å². The fraction of sp³-hybridized carbons (Fsp3) is 0.933. The van der Waals surface area contributed by atoms with Gasteiger partial charge in [0.15, 0.2) is 0 Å². The van der Waals surface area contributed by atoms with Crippen LogP contribution in [-0.4, -0.2) is 25.8 Å². The summed E-state index contributed by atoms with van der Waals surface area (Å²) in [6.45, 7) is 3.57. The van der Waals surface area contributed by atoms with E-state index in [-0.39, 0.29) is 0 Å². The molecular formula is C15H28N2O. The molecule has 0 aromatic carbocycles. The lowest BCUT2D eigenvalue weighted by Gasteiger charge is -2.25. The molecule has 1 aliphatic carbocycles. The summed E-state index contributed by atoms with van der Waals surface area (Å²) in [4.78, 5) is 0. The minimum Gasteiger partial charge on any atom is -0.378 e. The molecule has 0 heterocycles. The van der Waals surface area contributed by atoms with E-state index in [1.165, 1.54) is 32.1 Å². The number of nitriles is 1. The van der Waals surface area contributed by atoms with Gasteiger partial charge in [0.2, 0.25) is 0 Å². The lowest BCUT2D eigenvalue weighted by Crippen LogP contribution is -2.48. The summed E-state index contributed by atoms with van der Waals surface area (Å²) in [6, 6.07) is 2.41. The predicted octanol–water partition coefficient (Wildman–Crippen LogP) is 3.26. The quantitative estimate of drug-likeness (QED) is 0.574. The summed E-state index contributed by atoms with van der Waals surface area (Å²) >= 11 is 0. The fourth-order valence-electron chi connectivity index (χ4n) is 2.37. The molecule has 0 aromatic heterocycles. The molecule has 0 amide bonds. The molecule has 1 atom stereocenters. The molecule has 0 saturated heterocycles. The van der Waals surface area contributed by atoms with E-state index < -0.39 is 5.54 Å². The Bertz CT molecular complexity index is 258. The standard InChI is InChI=1S/C15H28N2O/c1-3-4-5-6-7-8-11-18-13-15(12-16,17-2)14-9-10-14/h14,17H,3-11,13H2,1-2H3. The van der Waals surface area contributed by atoms with E-state index >= 15 is 0 Å². The van der Waals surface area contributed by atoms with E-state index in [4.69, 9.17) is 4.74 Å². The maximum Gasteiger partial charge on any atom is 0.132 e. The molecule has 1 N–H and O–H groups in total. The van der Waals surface area contributed by atoms with Crippen LogP contribution in [0.25, 0.3) is 0 Å². The van der Waals surface area contributed by atoms with Crippen LogP contribution in [0.2, 0.25) is 0 Å². The Kier molecular flexibility index (Phi) is 7.31. The Balaban J connectivity index is 2.04. The maximum absolute atomic E-state index is 9.29. The SMILES string of the molecule is CCCCCCCCOCC(C#N)(NC)C1CC1. The van der Waals surface area contributed by atoms with Crippen LogP contribution in [-0.2, 0) is 4.74 Å². The molecule has 1 fully saturated rings. The van der Waals surface area contributed by atoms with Gasteiger partial charge in [0.25, 0.3) is 0 Å². The van der Waals surface area contributed by atoms with Gasteiger partial charge in [-0.25, -0.2) is 0 Å². The van der Waals surface area contributed by atoms with Crippen molar-refractivity contribution in [1.29, 1.82) is 5.26 Å². The molecule has 0 aromatic rings. The topological polar surface area (TPSA) is 45.0 Å². The number of likely N-dealkylation sites (N-methyl/N-ethyl adjacent to an activating group) is 1. The first-order chi connectivity index (χ1) is 8.79. The van der Waals surface area contributed by atoms with Crippen molar-refractivity contribution in [2.75, 3.05) is 20.3 Å². The molecule has 1 saturated carbocycles. The Hall–Kier alpha value is -0.590. The normalized spacial score (nSPS) is 18.3. The number of hydrogen-bond acceptors (Lipinski definition) is 3. The van der Waals surface area contributed by atoms with Gasteiger partial charge in [0.05, 0.1) is 12.7 Å². The van der Waals surface area contributed by atoms with Crippen molar-refractivity contribution in [2.24, 2.45) is 5.92 Å². The lowest BCUT2D eigenvalue weighted by atomic mass is 9.96. The first-order valence-corrected chi connectivity index (χ1v) is 7.47. The minimum atomic E-state index is -0.428. The van der Waals surface area contributed by atoms with Gasteiger partial charge in [-0.2, -0.15) is 5.26 Å². The monoisotopic (exact) mass is 252 g/mol. The van der Waals surface area contributed by atoms with E-state index in [1.54, 1.807) is 0 Å². The summed E-state index contributed by atoms with van der Waals surface area (Å²) in [7, 11) is 1.87. The third kappa shape index (κ3) is 4.96. The smallest absolute Gasteiger partial charge is 0.132 e. The van der Waals surface area contributed by atoms with Crippen LogP contribution in [0.15, 0.2) is 0 Å². The van der Waals surface area contributed by atoms with Gasteiger partial charge in [-0.15, -0.1) is 0 Å². The molecule has 0 bridgehead atoms. The average molecular weight is 252 g/mol. The molecule has 104 valence electrons. The van der Waals surface area contributed by atoms with Gasteiger partial charge in [-0.3, -0.25) is 0 Å². The van der Waals surface area contributed by atoms with Crippen LogP contribution in [0.1, 0.15) is 58.3 Å². The predicted molar refractivity (Wildman–Crippen MR) is 74.3 cm³/mol. The highest BCUT2D eigenvalue weighted by Crippen LogP contribution is 2.39. The summed E-state index contributed by atoms with van der Waals surface area (Å²) in [5.41, 5.74) is -0.428. The fourth-order valence-corrected chi connectivity index (χ4v) is 2.37. The van der Waals surface area contributed by atoms with Gasteiger partial charge in [-0.05, 0) is 32.2 Å². The summed E-state index contributed by atoms with van der Waals surface area (Å²) < 4.78 is 5.70. The van der Waals surface area contributed by atoms with E-state index in [0.29, 0.717) is 12.5 Å². The van der Waals surface area contributed by atoms with Crippen LogP contribution in [0, 0.1) is 17.2 Å². The van der Waals surface area contributed by atoms with Crippen LogP contribution in [0.3, 0.4) is 0 Å². The van der Waals surface area contributed by atoms with Gasteiger partial charge >= 0.3 is 0 Å². The third-order valence-corrected chi connectivity index (χ3v) is 3.89. The third-order valence-electron chi connectivity index (χ3n) is 3.89. The second-order valence-electron chi connectivity index (χ2n) is 5.43. The average Bonchev–Trinajstić information content (AvgIpc) is 3.23. The number of ether oxygens (including phenoxy) is 1. The molecule has 3 nitrogen and oxygen atoms in total. The zero-order valence-corrected chi connectivity index (χ0v) is 12.0. The molecule has 3 heteroatoms. The van der Waals surface area contributed by atoms with Gasteiger partial charge in [-0.1, -0.05) is 39.0 Å². The van der Waals surface area contributed by atoms with Gasteiger partial charge in [0, 0.05) is 6.61 Å². The van der Waals surface area contributed by atoms with Crippen LogP contribution in [0.5, 0.6) is 0 Å². The van der Waals surface area contributed by atoms with E-state index in [2.05, 4.69) is 18.3 Å². The minimum absolute atomic E-state index is 0.428. The first kappa shape index (κ1) is 15.5. The number of rotatable bonds is 11. The zero-order chi connectivity index (χ0) is 13.3. The number of unbranched alkanes of at least 4 members (excludes halogenated alkanes) is 5. The van der Waals surface area contributed by atoms with Crippen molar-refractivity contribution >= 4 is 0 Å². The molecule has 1 aliphatic rings. The number of nitrogens with one attached hydrogen (secondary N) is 1. The highest BCUT2D eigenvalue weighted by atomic mass is 16.5. The van der Waals surface area contributed by atoms with Crippen molar-refractivity contribution in [3.05, 3.63) is 0 Å². The molecule has 0 spiro atoms. The van der Waals surface area contributed by atoms with E-state index in [0.717, 1.165) is 25.9 Å². The Morgan fingerprint density at radius 1 is 1.22 bits per heavy atom. The second-order valence-corrected chi connectivity index (χ2v) is 5.43. The van der Waals surface area contributed by atoms with Crippen LogP contribution < -0.4 is 5.32 Å². The summed E-state index contributed by atoms with van der Waals surface area (Å²) in [5, 5.41) is 12.5. The van der Waals surface area contributed by atoms with Crippen LogP contribution >= 0.6 is 0 Å². The van der Waals surface area contributed by atoms with Crippen molar-refractivity contribution < 1.29 is 4.74 Å². The molecule has 1 unspecified atom stereocenters. The van der Waals surface area contributed by atoms with Crippen molar-refractivity contribution in [3.8, 4) is 6.07 Å². The highest BCUT2D eigenvalue weighted by Gasteiger charge is 2.44. The second kappa shape index (κ2) is 8.50. The summed E-state index contributed by atoms with van der Waals surface area (Å²) in [6.07, 6.45) is 10.0. The molecular weight excluding hydrogens is 224 g/mol. The van der Waals surface area contributed by atoms with Crippen molar-refractivity contribution in [1.82, 2.24) is 5.32 Å². The van der Waals surface area contributed by atoms with Crippen LogP contribution in [0.4, 0.5) is 0 Å². The lowest BCUT2D eigenvalue weighted by molar-refractivity contribution is 0.0811. The first-order valence-electron chi connectivity index (χ1n) is 7.47. The summed E-state index contributed by atoms with van der Waals surface area (Å²) in [5.74, 6) is 0.497. The molecule has 0 radical (unpaired) electrons. The molecule has 18 heavy (non-hydrogen) atoms. The number of nitrogens with zero attached hydrogens (tertiary/aromatic N) is 1. The van der Waals surface area contributed by atoms with Crippen molar-refractivity contribution in [2.45, 2.75) is 63.8 Å². The molecule has 0 aliphatic heterocycles. The van der Waals surface area contributed by atoms with E-state index in [1.807, 2.05) is 7.05 Å². The Morgan fingerprint density at radius 2 is 1.89 bits per heavy atom. The van der Waals surface area contributed by atoms with E-state index in [9.17, 15) is 5.26 Å². The largest absolute Gasteiger partial charge is 0.378 e. The van der Waals surface area contributed by atoms with Gasteiger partial charge in [0.1, 0.15) is 5.54 Å². The zero-order valence-electron chi connectivity index (χ0n) is 12.0. The number of hydrogen-bond donors (Lipinski definition) is 1. The Morgan fingerprint density at radius 3 is 2.44 bits per heavy atom. The Labute approximate surface area is 112 Å². The van der Waals surface area contributed by atoms with Crippen molar-refractivity contribution in [3.63, 3.8) is 0 Å². The highest BCUT2D eigenvalue weighted by molar-refractivity contribution is 5.14. The molecule has 1 rings (SSSR count). The maximum atomic E-state index is 9.29.